The monoisotopic (exact) mass is 295 g/mol. The molecule has 7 nitrogen and oxygen atoms in total. The molecule has 0 unspecified atom stereocenters. The molecule has 20 heavy (non-hydrogen) atoms. The Kier molecular flexibility index (Phi) is 4.04. The summed E-state index contributed by atoms with van der Waals surface area (Å²) in [6.07, 6.45) is 2.90. The van der Waals surface area contributed by atoms with E-state index >= 15 is 0 Å². The Morgan fingerprint density at radius 3 is 2.60 bits per heavy atom. The zero-order valence-corrected chi connectivity index (χ0v) is 11.5. The third-order valence-corrected chi connectivity index (χ3v) is 3.96. The molecule has 2 aromatic rings. The maximum absolute atomic E-state index is 12.0. The number of carbonyl (C=O) groups is 1. The molecule has 0 saturated carbocycles. The van der Waals surface area contributed by atoms with Gasteiger partial charge in [-0.25, -0.2) is 8.42 Å². The van der Waals surface area contributed by atoms with Crippen LogP contribution in [-0.2, 0) is 26.0 Å². The highest BCUT2D eigenvalue weighted by Gasteiger charge is 2.14. The lowest BCUT2D eigenvalue weighted by atomic mass is 10.2. The standard InChI is InChI=1S/C12H13N3O4S/c1-19-12(16)6-9-2-4-11(5-3-9)20(17,18)15-10-7-13-14-8-10/h2-5,7-8,15H,6H2,1H3,(H,13,14). The SMILES string of the molecule is COC(=O)Cc1ccc(S(=O)(=O)Nc2cn[nH]c2)cc1. The third-order valence-electron chi connectivity index (χ3n) is 2.56. The van der Waals surface area contributed by atoms with Crippen molar-refractivity contribution in [3.8, 4) is 0 Å². The Balaban J connectivity index is 2.14. The van der Waals surface area contributed by atoms with Crippen molar-refractivity contribution in [3.63, 3.8) is 0 Å². The maximum atomic E-state index is 12.0. The number of rotatable bonds is 5. The van der Waals surface area contributed by atoms with E-state index in [1.807, 2.05) is 0 Å². The topological polar surface area (TPSA) is 101 Å². The Labute approximate surface area is 116 Å². The molecular formula is C12H13N3O4S. The van der Waals surface area contributed by atoms with Crippen LogP contribution in [0.25, 0.3) is 0 Å². The fourth-order valence-electron chi connectivity index (χ4n) is 1.55. The Morgan fingerprint density at radius 1 is 1.35 bits per heavy atom. The lowest BCUT2D eigenvalue weighted by Crippen LogP contribution is -2.12. The Bertz CT molecular complexity index is 678. The summed E-state index contributed by atoms with van der Waals surface area (Å²) in [6.45, 7) is 0. The Morgan fingerprint density at radius 2 is 2.05 bits per heavy atom. The first-order valence-corrected chi connectivity index (χ1v) is 7.17. The summed E-state index contributed by atoms with van der Waals surface area (Å²) >= 11 is 0. The lowest BCUT2D eigenvalue weighted by molar-refractivity contribution is -0.139. The summed E-state index contributed by atoms with van der Waals surface area (Å²) in [5.74, 6) is -0.378. The van der Waals surface area contributed by atoms with E-state index < -0.39 is 10.0 Å². The van der Waals surface area contributed by atoms with Crippen LogP contribution >= 0.6 is 0 Å². The molecule has 0 aliphatic heterocycles. The van der Waals surface area contributed by atoms with Gasteiger partial charge in [-0.05, 0) is 17.7 Å². The minimum atomic E-state index is -3.66. The van der Waals surface area contributed by atoms with Gasteiger partial charge >= 0.3 is 5.97 Å². The lowest BCUT2D eigenvalue weighted by Gasteiger charge is -2.06. The van der Waals surface area contributed by atoms with Crippen molar-refractivity contribution in [1.82, 2.24) is 10.2 Å². The zero-order valence-electron chi connectivity index (χ0n) is 10.7. The molecule has 1 aromatic carbocycles. The highest BCUT2D eigenvalue weighted by atomic mass is 32.2. The second-order valence-corrected chi connectivity index (χ2v) is 5.67. The third kappa shape index (κ3) is 3.35. The Hall–Kier alpha value is -2.35. The normalized spacial score (nSPS) is 11.1. The molecule has 0 saturated heterocycles. The van der Waals surface area contributed by atoms with Crippen LogP contribution in [0.4, 0.5) is 5.69 Å². The fourth-order valence-corrected chi connectivity index (χ4v) is 2.58. The van der Waals surface area contributed by atoms with E-state index in [1.54, 1.807) is 12.1 Å². The number of ether oxygens (including phenoxy) is 1. The number of aromatic amines is 1. The summed E-state index contributed by atoms with van der Waals surface area (Å²) in [5.41, 5.74) is 1.03. The molecule has 0 atom stereocenters. The molecule has 0 spiro atoms. The van der Waals surface area contributed by atoms with Crippen molar-refractivity contribution >= 4 is 21.7 Å². The predicted octanol–water partition coefficient (Wildman–Crippen LogP) is 0.926. The minimum absolute atomic E-state index is 0.103. The van der Waals surface area contributed by atoms with Crippen LogP contribution < -0.4 is 4.72 Å². The molecule has 0 aliphatic carbocycles. The molecule has 106 valence electrons. The maximum Gasteiger partial charge on any atom is 0.309 e. The fraction of sp³-hybridized carbons (Fsp3) is 0.167. The first kappa shape index (κ1) is 14.1. The molecule has 0 bridgehead atoms. The minimum Gasteiger partial charge on any atom is -0.469 e. The number of benzene rings is 1. The van der Waals surface area contributed by atoms with Gasteiger partial charge in [0.2, 0.25) is 0 Å². The van der Waals surface area contributed by atoms with E-state index in [-0.39, 0.29) is 17.3 Å². The highest BCUT2D eigenvalue weighted by molar-refractivity contribution is 7.92. The smallest absolute Gasteiger partial charge is 0.309 e. The van der Waals surface area contributed by atoms with E-state index in [0.29, 0.717) is 11.3 Å². The summed E-state index contributed by atoms with van der Waals surface area (Å²) in [7, 11) is -2.36. The largest absolute Gasteiger partial charge is 0.469 e. The van der Waals surface area contributed by atoms with Crippen LogP contribution in [0.15, 0.2) is 41.6 Å². The zero-order chi connectivity index (χ0) is 14.6. The van der Waals surface area contributed by atoms with Crippen molar-refractivity contribution in [1.29, 1.82) is 0 Å². The molecule has 1 heterocycles. The van der Waals surface area contributed by atoms with Gasteiger partial charge in [0.15, 0.2) is 0 Å². The molecule has 2 N–H and O–H groups in total. The van der Waals surface area contributed by atoms with Gasteiger partial charge in [0, 0.05) is 6.20 Å². The molecule has 0 amide bonds. The predicted molar refractivity (Wildman–Crippen MR) is 71.6 cm³/mol. The highest BCUT2D eigenvalue weighted by Crippen LogP contribution is 2.15. The second-order valence-electron chi connectivity index (χ2n) is 3.99. The number of esters is 1. The number of aromatic nitrogens is 2. The van der Waals surface area contributed by atoms with Gasteiger partial charge in [0.1, 0.15) is 0 Å². The van der Waals surface area contributed by atoms with Gasteiger partial charge in [-0.2, -0.15) is 5.10 Å². The summed E-state index contributed by atoms with van der Waals surface area (Å²) in [5, 5.41) is 6.17. The average molecular weight is 295 g/mol. The number of hydrogen-bond donors (Lipinski definition) is 2. The molecule has 2 rings (SSSR count). The van der Waals surface area contributed by atoms with Crippen molar-refractivity contribution < 1.29 is 17.9 Å². The van der Waals surface area contributed by atoms with Crippen molar-refractivity contribution in [3.05, 3.63) is 42.2 Å². The summed E-state index contributed by atoms with van der Waals surface area (Å²) in [4.78, 5) is 11.2. The van der Waals surface area contributed by atoms with Crippen molar-refractivity contribution in [2.24, 2.45) is 0 Å². The van der Waals surface area contributed by atoms with Gasteiger partial charge in [-0.15, -0.1) is 0 Å². The van der Waals surface area contributed by atoms with Crippen LogP contribution in [-0.4, -0.2) is 31.7 Å². The number of methoxy groups -OCH3 is 1. The van der Waals surface area contributed by atoms with Gasteiger partial charge in [-0.3, -0.25) is 14.6 Å². The molecule has 8 heteroatoms. The molecule has 1 aromatic heterocycles. The molecule has 0 fully saturated rings. The second kappa shape index (κ2) is 5.74. The number of hydrogen-bond acceptors (Lipinski definition) is 5. The number of carbonyl (C=O) groups excluding carboxylic acids is 1. The first-order chi connectivity index (χ1) is 9.51. The van der Waals surface area contributed by atoms with Crippen LogP contribution in [0.5, 0.6) is 0 Å². The van der Waals surface area contributed by atoms with Crippen LogP contribution in [0.1, 0.15) is 5.56 Å². The number of sulfonamides is 1. The van der Waals surface area contributed by atoms with Gasteiger partial charge in [-0.1, -0.05) is 12.1 Å². The van der Waals surface area contributed by atoms with E-state index in [1.165, 1.54) is 31.6 Å². The number of nitrogens with one attached hydrogen (secondary N) is 2. The quantitative estimate of drug-likeness (QED) is 0.799. The summed E-state index contributed by atoms with van der Waals surface area (Å²) < 4.78 is 31.0. The number of nitrogens with zero attached hydrogens (tertiary/aromatic N) is 1. The van der Waals surface area contributed by atoms with Gasteiger partial charge in [0.05, 0.1) is 30.3 Å². The van der Waals surface area contributed by atoms with Gasteiger partial charge < -0.3 is 4.74 Å². The van der Waals surface area contributed by atoms with Gasteiger partial charge in [0.25, 0.3) is 10.0 Å². The molecular weight excluding hydrogens is 282 g/mol. The summed E-state index contributed by atoms with van der Waals surface area (Å²) in [6, 6.07) is 6.00. The number of anilines is 1. The van der Waals surface area contributed by atoms with Crippen molar-refractivity contribution in [2.45, 2.75) is 11.3 Å². The van der Waals surface area contributed by atoms with E-state index in [2.05, 4.69) is 19.7 Å². The van der Waals surface area contributed by atoms with E-state index in [9.17, 15) is 13.2 Å². The average Bonchev–Trinajstić information content (AvgIpc) is 2.91. The first-order valence-electron chi connectivity index (χ1n) is 5.68. The molecule has 0 aliphatic rings. The molecule has 0 radical (unpaired) electrons. The van der Waals surface area contributed by atoms with Crippen molar-refractivity contribution in [2.75, 3.05) is 11.8 Å². The van der Waals surface area contributed by atoms with Crippen LogP contribution in [0.3, 0.4) is 0 Å². The van der Waals surface area contributed by atoms with Crippen LogP contribution in [0, 0.1) is 0 Å². The van der Waals surface area contributed by atoms with E-state index in [4.69, 9.17) is 0 Å². The van der Waals surface area contributed by atoms with E-state index in [0.717, 1.165) is 0 Å². The van der Waals surface area contributed by atoms with Crippen LogP contribution in [0.2, 0.25) is 0 Å². The number of H-pyrrole nitrogens is 1.